The summed E-state index contributed by atoms with van der Waals surface area (Å²) in [4.78, 5) is 59.9. The summed E-state index contributed by atoms with van der Waals surface area (Å²) < 4.78 is 34.2. The van der Waals surface area contributed by atoms with Gasteiger partial charge in [0, 0.05) is 25.7 Å². The molecule has 0 aromatic rings. The minimum atomic E-state index is -4.41. The number of ketones is 2. The van der Waals surface area contributed by atoms with E-state index in [9.17, 15) is 28.6 Å². The number of esters is 2. The predicted molar refractivity (Wildman–Crippen MR) is 239 cm³/mol. The molecule has 1 N–H and O–H groups in total. The summed E-state index contributed by atoms with van der Waals surface area (Å²) >= 11 is 0. The van der Waals surface area contributed by atoms with Gasteiger partial charge in [-0.2, -0.15) is 0 Å². The Labute approximate surface area is 361 Å². The molecule has 0 saturated carbocycles. The third-order valence-corrected chi connectivity index (χ3v) is 11.7. The zero-order valence-electron chi connectivity index (χ0n) is 38.8. The molecule has 59 heavy (non-hydrogen) atoms. The SMILES string of the molecule is CCCCCCCCCCCCCCCC(=O)OC[C@H](COP(=O)(O)OCC[N+](C)(C)C)OC(=O)CCCCCCCCC(=O)CC(=O)CCCCCCCCCCC. The van der Waals surface area contributed by atoms with Gasteiger partial charge in [0.1, 0.15) is 31.3 Å². The third kappa shape index (κ3) is 42.8. The fourth-order valence-corrected chi connectivity index (χ4v) is 7.62. The van der Waals surface area contributed by atoms with Crippen LogP contribution in [0.5, 0.6) is 0 Å². The first-order chi connectivity index (χ1) is 28.3. The van der Waals surface area contributed by atoms with E-state index in [4.69, 9.17) is 18.5 Å². The van der Waals surface area contributed by atoms with Crippen LogP contribution >= 0.6 is 7.82 Å². The van der Waals surface area contributed by atoms with E-state index in [0.29, 0.717) is 30.3 Å². The molecule has 0 aromatic carbocycles. The Kier molecular flexibility index (Phi) is 38.1. The number of carbonyl (C=O) groups excluding carboxylic acids is 4. The fourth-order valence-electron chi connectivity index (χ4n) is 6.88. The van der Waals surface area contributed by atoms with Crippen molar-refractivity contribution >= 4 is 31.3 Å². The van der Waals surface area contributed by atoms with Gasteiger partial charge in [-0.3, -0.25) is 28.2 Å². The summed E-state index contributed by atoms with van der Waals surface area (Å²) in [6.45, 7) is 4.24. The van der Waals surface area contributed by atoms with Crippen molar-refractivity contribution in [1.82, 2.24) is 0 Å². The lowest BCUT2D eigenvalue weighted by Crippen LogP contribution is -2.37. The van der Waals surface area contributed by atoms with E-state index in [0.717, 1.165) is 64.2 Å². The highest BCUT2D eigenvalue weighted by Crippen LogP contribution is 2.43. The van der Waals surface area contributed by atoms with Crippen LogP contribution in [-0.4, -0.2) is 86.5 Å². The number of hydrogen-bond acceptors (Lipinski definition) is 9. The minimum Gasteiger partial charge on any atom is -0.462 e. The Bertz CT molecular complexity index is 1100. The Morgan fingerprint density at radius 1 is 0.492 bits per heavy atom. The number of phosphoric ester groups is 1. The molecule has 0 bridgehead atoms. The maximum absolute atomic E-state index is 12.7. The Morgan fingerprint density at radius 2 is 0.847 bits per heavy atom. The number of likely N-dealkylation sites (N-methyl/N-ethyl adjacent to an activating group) is 1. The number of rotatable bonds is 45. The van der Waals surface area contributed by atoms with Crippen molar-refractivity contribution in [2.24, 2.45) is 0 Å². The van der Waals surface area contributed by atoms with Crippen molar-refractivity contribution in [3.05, 3.63) is 0 Å². The van der Waals surface area contributed by atoms with E-state index in [2.05, 4.69) is 13.8 Å². The van der Waals surface area contributed by atoms with Gasteiger partial charge in [-0.15, -0.1) is 0 Å². The number of ether oxygens (including phenoxy) is 2. The van der Waals surface area contributed by atoms with E-state index in [1.165, 1.54) is 109 Å². The average Bonchev–Trinajstić information content (AvgIpc) is 3.17. The van der Waals surface area contributed by atoms with Crippen molar-refractivity contribution in [3.8, 4) is 0 Å². The summed E-state index contributed by atoms with van der Waals surface area (Å²) in [5.74, 6) is -0.799. The number of nitrogens with zero attached hydrogens (tertiary/aromatic N) is 1. The summed E-state index contributed by atoms with van der Waals surface area (Å²) in [5, 5.41) is 0. The molecule has 0 rings (SSSR count). The monoisotopic (exact) mass is 861 g/mol. The highest BCUT2D eigenvalue weighted by Gasteiger charge is 2.27. The van der Waals surface area contributed by atoms with Gasteiger partial charge >= 0.3 is 19.8 Å². The van der Waals surface area contributed by atoms with Gasteiger partial charge in [0.25, 0.3) is 0 Å². The number of quaternary nitrogens is 1. The molecule has 12 heteroatoms. The lowest BCUT2D eigenvalue weighted by molar-refractivity contribution is -0.870. The van der Waals surface area contributed by atoms with E-state index in [1.54, 1.807) is 0 Å². The minimum absolute atomic E-state index is 0.00522. The summed E-state index contributed by atoms with van der Waals surface area (Å²) in [7, 11) is 1.39. The van der Waals surface area contributed by atoms with Gasteiger partial charge in [0.2, 0.25) is 0 Å². The van der Waals surface area contributed by atoms with Crippen LogP contribution in [0, 0.1) is 0 Å². The van der Waals surface area contributed by atoms with Gasteiger partial charge < -0.3 is 18.9 Å². The van der Waals surface area contributed by atoms with Crippen LogP contribution in [0.4, 0.5) is 0 Å². The molecule has 0 spiro atoms. The Morgan fingerprint density at radius 3 is 1.24 bits per heavy atom. The van der Waals surface area contributed by atoms with Crippen LogP contribution in [-0.2, 0) is 42.3 Å². The van der Waals surface area contributed by atoms with Gasteiger partial charge in [-0.25, -0.2) is 4.57 Å². The smallest absolute Gasteiger partial charge is 0.462 e. The number of Topliss-reactive ketones (excluding diaryl/α,β-unsaturated/α-hetero) is 2. The quantitative estimate of drug-likeness (QED) is 0.0207. The zero-order valence-corrected chi connectivity index (χ0v) is 39.7. The highest BCUT2D eigenvalue weighted by atomic mass is 31.2. The van der Waals surface area contributed by atoms with Crippen LogP contribution in [0.15, 0.2) is 0 Å². The largest absolute Gasteiger partial charge is 0.472 e. The lowest BCUT2D eigenvalue weighted by Gasteiger charge is -2.24. The molecule has 0 aliphatic heterocycles. The molecule has 1 unspecified atom stereocenters. The molecule has 0 aromatic heterocycles. The molecule has 0 saturated heterocycles. The Balaban J connectivity index is 4.36. The molecule has 2 atom stereocenters. The molecular formula is C47H91NO10P+. The number of phosphoric acid groups is 1. The van der Waals surface area contributed by atoms with E-state index in [-0.39, 0.29) is 44.0 Å². The van der Waals surface area contributed by atoms with Gasteiger partial charge in [0.05, 0.1) is 34.2 Å². The lowest BCUT2D eigenvalue weighted by atomic mass is 10.0. The number of hydrogen-bond donors (Lipinski definition) is 1. The van der Waals surface area contributed by atoms with Crippen LogP contribution < -0.4 is 0 Å². The molecule has 0 aliphatic carbocycles. The van der Waals surface area contributed by atoms with E-state index < -0.39 is 32.5 Å². The van der Waals surface area contributed by atoms with Gasteiger partial charge in [-0.1, -0.05) is 168 Å². The third-order valence-electron chi connectivity index (χ3n) is 10.7. The van der Waals surface area contributed by atoms with Crippen LogP contribution in [0.3, 0.4) is 0 Å². The fraction of sp³-hybridized carbons (Fsp3) is 0.915. The molecule has 0 radical (unpaired) electrons. The van der Waals surface area contributed by atoms with Crippen molar-refractivity contribution in [3.63, 3.8) is 0 Å². The first-order valence-corrected chi connectivity index (χ1v) is 25.6. The number of unbranched alkanes of at least 4 members (excludes halogenated alkanes) is 25. The summed E-state index contributed by atoms with van der Waals surface area (Å²) in [6.07, 6.45) is 31.8. The van der Waals surface area contributed by atoms with Crippen molar-refractivity contribution in [2.45, 2.75) is 232 Å². The molecule has 11 nitrogen and oxygen atoms in total. The maximum atomic E-state index is 12.7. The predicted octanol–water partition coefficient (Wildman–Crippen LogP) is 12.3. The summed E-state index contributed by atoms with van der Waals surface area (Å²) in [6, 6.07) is 0. The molecule has 0 fully saturated rings. The molecule has 0 heterocycles. The maximum Gasteiger partial charge on any atom is 0.472 e. The highest BCUT2D eigenvalue weighted by molar-refractivity contribution is 7.47. The zero-order chi connectivity index (χ0) is 43.9. The second-order valence-electron chi connectivity index (χ2n) is 17.9. The standard InChI is InChI=1S/C47H90NO10P/c1-6-8-10-12-14-16-17-18-19-21-23-28-32-36-46(51)55-41-45(42-57-59(53,54)56-39-38-48(3,4)5)58-47(52)37-33-29-25-24-27-31-35-44(50)40-43(49)34-30-26-22-20-15-13-11-9-7-2/h45H,6-42H2,1-5H3/p+1/t45-/m1/s1. The van der Waals surface area contributed by atoms with Crippen molar-refractivity contribution < 1.29 is 51.6 Å². The second-order valence-corrected chi connectivity index (χ2v) is 19.3. The molecule has 0 aliphatic rings. The van der Waals surface area contributed by atoms with Crippen molar-refractivity contribution in [2.75, 3.05) is 47.5 Å². The average molecular weight is 861 g/mol. The van der Waals surface area contributed by atoms with Gasteiger partial charge in [-0.05, 0) is 25.7 Å². The first-order valence-electron chi connectivity index (χ1n) is 24.1. The molecular weight excluding hydrogens is 769 g/mol. The van der Waals surface area contributed by atoms with Crippen LogP contribution in [0.1, 0.15) is 226 Å². The second kappa shape index (κ2) is 39.2. The Hall–Kier alpha value is -1.65. The van der Waals surface area contributed by atoms with Gasteiger partial charge in [0.15, 0.2) is 6.10 Å². The van der Waals surface area contributed by atoms with E-state index >= 15 is 0 Å². The van der Waals surface area contributed by atoms with Crippen molar-refractivity contribution in [1.29, 1.82) is 0 Å². The normalized spacial score (nSPS) is 13.3. The molecule has 348 valence electrons. The molecule has 0 amide bonds. The topological polar surface area (TPSA) is 142 Å². The first kappa shape index (κ1) is 57.3. The van der Waals surface area contributed by atoms with E-state index in [1.807, 2.05) is 21.1 Å². The number of carbonyl (C=O) groups is 4. The summed E-state index contributed by atoms with van der Waals surface area (Å²) in [5.41, 5.74) is 0. The van der Waals surface area contributed by atoms with Crippen LogP contribution in [0.25, 0.3) is 0 Å². The van der Waals surface area contributed by atoms with Crippen LogP contribution in [0.2, 0.25) is 0 Å².